The molecule has 0 atom stereocenters. The van der Waals surface area contributed by atoms with E-state index in [2.05, 4.69) is 22.7 Å². The Morgan fingerprint density at radius 1 is 1.17 bits per heavy atom. The fourth-order valence-corrected chi connectivity index (χ4v) is 2.73. The molecule has 100 valence electrons. The lowest BCUT2D eigenvalue weighted by Crippen LogP contribution is -2.26. The zero-order valence-electron chi connectivity index (χ0n) is 10.3. The number of nitrogen functional groups attached to an aromatic ring is 1. The summed E-state index contributed by atoms with van der Waals surface area (Å²) in [6.45, 7) is 2.29. The Hall–Kier alpha value is -0.710. The van der Waals surface area contributed by atoms with E-state index in [4.69, 9.17) is 29.0 Å². The molecule has 0 saturated heterocycles. The monoisotopic (exact) mass is 288 g/mol. The molecule has 0 aromatic carbocycles. The summed E-state index contributed by atoms with van der Waals surface area (Å²) in [5, 5.41) is 4.32. The molecular weight excluding hydrogens is 271 g/mol. The van der Waals surface area contributed by atoms with Crippen molar-refractivity contribution < 1.29 is 0 Å². The van der Waals surface area contributed by atoms with Crippen molar-refractivity contribution in [1.29, 1.82) is 0 Å². The van der Waals surface area contributed by atoms with Gasteiger partial charge in [-0.1, -0.05) is 30.1 Å². The molecule has 0 bridgehead atoms. The Morgan fingerprint density at radius 2 is 1.78 bits per heavy atom. The first kappa shape index (κ1) is 13.7. The number of anilines is 2. The lowest BCUT2D eigenvalue weighted by atomic mass is 9.87. The maximum atomic E-state index is 6.13. The van der Waals surface area contributed by atoms with Gasteiger partial charge in [0, 0.05) is 6.04 Å². The van der Waals surface area contributed by atoms with Crippen LogP contribution in [0.4, 0.5) is 11.6 Å². The molecule has 1 saturated carbocycles. The summed E-state index contributed by atoms with van der Waals surface area (Å²) in [5.74, 6) is 7.26. The minimum atomic E-state index is 0.422. The first-order valence-corrected chi connectivity index (χ1v) is 6.95. The molecule has 18 heavy (non-hydrogen) atoms. The van der Waals surface area contributed by atoms with E-state index >= 15 is 0 Å². The number of nitrogens with one attached hydrogen (secondary N) is 2. The van der Waals surface area contributed by atoms with E-state index in [0.29, 0.717) is 27.7 Å². The molecule has 1 aliphatic carbocycles. The SMILES string of the molecule is CC1CCC(Nc2nc(NN)c(Cl)cc2Cl)CC1. The van der Waals surface area contributed by atoms with Crippen LogP contribution in [-0.2, 0) is 0 Å². The predicted molar refractivity (Wildman–Crippen MR) is 77.1 cm³/mol. The van der Waals surface area contributed by atoms with Gasteiger partial charge in [0.2, 0.25) is 0 Å². The van der Waals surface area contributed by atoms with E-state index in [-0.39, 0.29) is 0 Å². The van der Waals surface area contributed by atoms with Gasteiger partial charge < -0.3 is 10.7 Å². The Morgan fingerprint density at radius 3 is 2.39 bits per heavy atom. The van der Waals surface area contributed by atoms with Crippen LogP contribution in [0.1, 0.15) is 32.6 Å². The fourth-order valence-electron chi connectivity index (χ4n) is 2.27. The summed E-state index contributed by atoms with van der Waals surface area (Å²) in [4.78, 5) is 4.29. The maximum Gasteiger partial charge on any atom is 0.161 e. The molecule has 1 fully saturated rings. The van der Waals surface area contributed by atoms with Crippen molar-refractivity contribution in [3.05, 3.63) is 16.1 Å². The second kappa shape index (κ2) is 5.95. The van der Waals surface area contributed by atoms with Gasteiger partial charge in [-0.2, -0.15) is 0 Å². The van der Waals surface area contributed by atoms with Gasteiger partial charge in [0.25, 0.3) is 0 Å². The van der Waals surface area contributed by atoms with Crippen molar-refractivity contribution >= 4 is 34.8 Å². The van der Waals surface area contributed by atoms with Gasteiger partial charge in [-0.25, -0.2) is 10.8 Å². The quantitative estimate of drug-likeness (QED) is 0.587. The third-order valence-corrected chi connectivity index (χ3v) is 4.00. The third kappa shape index (κ3) is 3.19. The second-order valence-electron chi connectivity index (χ2n) is 4.89. The van der Waals surface area contributed by atoms with E-state index in [1.54, 1.807) is 6.07 Å². The van der Waals surface area contributed by atoms with Gasteiger partial charge in [0.1, 0.15) is 5.82 Å². The number of hydrogen-bond acceptors (Lipinski definition) is 4. The normalized spacial score (nSPS) is 23.8. The third-order valence-electron chi connectivity index (χ3n) is 3.42. The second-order valence-corrected chi connectivity index (χ2v) is 5.71. The first-order chi connectivity index (χ1) is 8.60. The molecule has 0 amide bonds. The van der Waals surface area contributed by atoms with E-state index in [1.165, 1.54) is 12.8 Å². The van der Waals surface area contributed by atoms with Crippen LogP contribution >= 0.6 is 23.2 Å². The zero-order chi connectivity index (χ0) is 13.1. The van der Waals surface area contributed by atoms with Crippen LogP contribution in [0.15, 0.2) is 6.07 Å². The van der Waals surface area contributed by atoms with Crippen LogP contribution in [0.5, 0.6) is 0 Å². The van der Waals surface area contributed by atoms with Gasteiger partial charge in [-0.05, 0) is 37.7 Å². The average molecular weight is 289 g/mol. The first-order valence-electron chi connectivity index (χ1n) is 6.19. The Bertz CT molecular complexity index is 417. The topological polar surface area (TPSA) is 63.0 Å². The Balaban J connectivity index is 2.09. The van der Waals surface area contributed by atoms with Crippen molar-refractivity contribution in [2.75, 3.05) is 10.7 Å². The molecule has 1 heterocycles. The smallest absolute Gasteiger partial charge is 0.161 e. The number of rotatable bonds is 3. The van der Waals surface area contributed by atoms with Crippen molar-refractivity contribution in [3.63, 3.8) is 0 Å². The number of pyridine rings is 1. The van der Waals surface area contributed by atoms with Crippen molar-refractivity contribution in [2.24, 2.45) is 11.8 Å². The summed E-state index contributed by atoms with van der Waals surface area (Å²) in [6, 6.07) is 2.08. The standard InChI is InChI=1S/C12H18Cl2N4/c1-7-2-4-8(5-3-7)16-11-9(13)6-10(14)12(17-11)18-15/h6-8H,2-5,15H2,1H3,(H2,16,17,18). The number of hydrogen-bond donors (Lipinski definition) is 3. The minimum absolute atomic E-state index is 0.422. The van der Waals surface area contributed by atoms with Crippen LogP contribution in [-0.4, -0.2) is 11.0 Å². The molecule has 4 nitrogen and oxygen atoms in total. The highest BCUT2D eigenvalue weighted by Gasteiger charge is 2.19. The predicted octanol–water partition coefficient (Wildman–Crippen LogP) is 3.66. The zero-order valence-corrected chi connectivity index (χ0v) is 11.9. The van der Waals surface area contributed by atoms with E-state index < -0.39 is 0 Å². The van der Waals surface area contributed by atoms with E-state index in [9.17, 15) is 0 Å². The summed E-state index contributed by atoms with van der Waals surface area (Å²) < 4.78 is 0. The summed E-state index contributed by atoms with van der Waals surface area (Å²) in [6.07, 6.45) is 4.77. The molecule has 6 heteroatoms. The molecule has 2 rings (SSSR count). The molecule has 4 N–H and O–H groups in total. The molecule has 0 radical (unpaired) electrons. The molecule has 1 aromatic heterocycles. The average Bonchev–Trinajstić information content (AvgIpc) is 2.35. The van der Waals surface area contributed by atoms with Crippen LogP contribution in [0.2, 0.25) is 10.0 Å². The minimum Gasteiger partial charge on any atom is -0.366 e. The summed E-state index contributed by atoms with van der Waals surface area (Å²) >= 11 is 12.1. The highest BCUT2D eigenvalue weighted by Crippen LogP contribution is 2.31. The van der Waals surface area contributed by atoms with Crippen molar-refractivity contribution in [1.82, 2.24) is 4.98 Å². The van der Waals surface area contributed by atoms with Gasteiger partial charge in [0.15, 0.2) is 5.82 Å². The number of hydrazine groups is 1. The molecule has 0 aliphatic heterocycles. The number of nitrogens with zero attached hydrogens (tertiary/aromatic N) is 1. The maximum absolute atomic E-state index is 6.13. The van der Waals surface area contributed by atoms with Crippen LogP contribution in [0, 0.1) is 5.92 Å². The Kier molecular flexibility index (Phi) is 4.54. The van der Waals surface area contributed by atoms with E-state index in [1.807, 2.05) is 0 Å². The Labute approximate surface area is 117 Å². The molecular formula is C12H18Cl2N4. The van der Waals surface area contributed by atoms with Gasteiger partial charge in [-0.15, -0.1) is 0 Å². The fraction of sp³-hybridized carbons (Fsp3) is 0.583. The lowest BCUT2D eigenvalue weighted by Gasteiger charge is -2.27. The van der Waals surface area contributed by atoms with Crippen molar-refractivity contribution in [3.8, 4) is 0 Å². The van der Waals surface area contributed by atoms with Crippen LogP contribution in [0.3, 0.4) is 0 Å². The molecule has 1 aromatic rings. The number of halogens is 2. The van der Waals surface area contributed by atoms with E-state index in [0.717, 1.165) is 18.8 Å². The van der Waals surface area contributed by atoms with Gasteiger partial charge in [-0.3, -0.25) is 0 Å². The number of nitrogens with two attached hydrogens (primary N) is 1. The lowest BCUT2D eigenvalue weighted by molar-refractivity contribution is 0.361. The van der Waals surface area contributed by atoms with Crippen molar-refractivity contribution in [2.45, 2.75) is 38.6 Å². The number of aromatic nitrogens is 1. The highest BCUT2D eigenvalue weighted by atomic mass is 35.5. The van der Waals surface area contributed by atoms with Crippen LogP contribution < -0.4 is 16.6 Å². The summed E-state index contributed by atoms with van der Waals surface area (Å²) in [5.41, 5.74) is 2.47. The highest BCUT2D eigenvalue weighted by molar-refractivity contribution is 6.37. The molecule has 1 aliphatic rings. The molecule has 0 unspecified atom stereocenters. The van der Waals surface area contributed by atoms with Crippen LogP contribution in [0.25, 0.3) is 0 Å². The largest absolute Gasteiger partial charge is 0.366 e. The van der Waals surface area contributed by atoms with Gasteiger partial charge >= 0.3 is 0 Å². The van der Waals surface area contributed by atoms with Gasteiger partial charge in [0.05, 0.1) is 10.0 Å². The molecule has 0 spiro atoms. The summed E-state index contributed by atoms with van der Waals surface area (Å²) in [7, 11) is 0.